The molecule has 1 aliphatic rings. The molecule has 0 heterocycles. The molecule has 0 fully saturated rings. The Morgan fingerprint density at radius 3 is 3.13 bits per heavy atom. The van der Waals surface area contributed by atoms with Gasteiger partial charge in [0, 0.05) is 4.47 Å². The molecule has 1 aliphatic carbocycles. The average Bonchev–Trinajstić information content (AvgIpc) is 2.60. The number of fused-ring (bicyclic) bond motifs is 1. The minimum Gasteiger partial charge on any atom is -0.346 e. The lowest BCUT2D eigenvalue weighted by Crippen LogP contribution is -2.24. The molecular formula is C12H12BrNO. The highest BCUT2D eigenvalue weighted by Gasteiger charge is 2.22. The van der Waals surface area contributed by atoms with Crippen molar-refractivity contribution in [3.8, 4) is 0 Å². The molecule has 0 bridgehead atoms. The molecular weight excluding hydrogens is 254 g/mol. The van der Waals surface area contributed by atoms with Crippen molar-refractivity contribution in [1.82, 2.24) is 5.32 Å². The molecule has 1 aromatic rings. The first-order chi connectivity index (χ1) is 7.20. The van der Waals surface area contributed by atoms with Gasteiger partial charge in [-0.2, -0.15) is 0 Å². The van der Waals surface area contributed by atoms with Gasteiger partial charge in [0.05, 0.1) is 6.04 Å². The highest BCUT2D eigenvalue weighted by molar-refractivity contribution is 9.10. The molecule has 2 rings (SSSR count). The van der Waals surface area contributed by atoms with E-state index < -0.39 is 0 Å². The van der Waals surface area contributed by atoms with Gasteiger partial charge in [0.2, 0.25) is 5.91 Å². The number of hydrogen-bond donors (Lipinski definition) is 1. The molecule has 15 heavy (non-hydrogen) atoms. The van der Waals surface area contributed by atoms with Crippen LogP contribution in [-0.4, -0.2) is 5.91 Å². The summed E-state index contributed by atoms with van der Waals surface area (Å²) in [5, 5.41) is 2.93. The monoisotopic (exact) mass is 265 g/mol. The van der Waals surface area contributed by atoms with Crippen LogP contribution in [0.5, 0.6) is 0 Å². The molecule has 1 amide bonds. The van der Waals surface area contributed by atoms with Crippen molar-refractivity contribution < 1.29 is 4.79 Å². The number of rotatable bonds is 2. The second-order valence-electron chi connectivity index (χ2n) is 3.65. The lowest BCUT2D eigenvalue weighted by Gasteiger charge is -2.12. The maximum Gasteiger partial charge on any atom is 0.243 e. The van der Waals surface area contributed by atoms with Crippen LogP contribution in [0.25, 0.3) is 0 Å². The van der Waals surface area contributed by atoms with E-state index in [1.807, 2.05) is 6.07 Å². The van der Waals surface area contributed by atoms with Gasteiger partial charge in [0.1, 0.15) is 0 Å². The first-order valence-electron chi connectivity index (χ1n) is 4.92. The van der Waals surface area contributed by atoms with Crippen molar-refractivity contribution in [2.75, 3.05) is 0 Å². The van der Waals surface area contributed by atoms with E-state index >= 15 is 0 Å². The summed E-state index contributed by atoms with van der Waals surface area (Å²) in [5.74, 6) is -0.101. The zero-order valence-electron chi connectivity index (χ0n) is 8.29. The normalized spacial score (nSPS) is 18.3. The molecule has 1 atom stereocenters. The van der Waals surface area contributed by atoms with E-state index in [0.717, 1.165) is 17.3 Å². The third-order valence-electron chi connectivity index (χ3n) is 2.68. The van der Waals surface area contributed by atoms with Gasteiger partial charge in [-0.1, -0.05) is 28.6 Å². The summed E-state index contributed by atoms with van der Waals surface area (Å²) in [6.45, 7) is 3.45. The molecule has 0 saturated carbocycles. The zero-order chi connectivity index (χ0) is 10.8. The fourth-order valence-corrected chi connectivity index (χ4v) is 2.38. The number of amides is 1. The van der Waals surface area contributed by atoms with Crippen molar-refractivity contribution in [3.63, 3.8) is 0 Å². The molecule has 1 N–H and O–H groups in total. The van der Waals surface area contributed by atoms with Crippen LogP contribution >= 0.6 is 15.9 Å². The average molecular weight is 266 g/mol. The van der Waals surface area contributed by atoms with Crippen molar-refractivity contribution >= 4 is 21.8 Å². The van der Waals surface area contributed by atoms with E-state index in [0.29, 0.717) is 0 Å². The number of halogens is 1. The molecule has 0 radical (unpaired) electrons. The Kier molecular flexibility index (Phi) is 2.91. The van der Waals surface area contributed by atoms with Crippen molar-refractivity contribution in [2.24, 2.45) is 0 Å². The van der Waals surface area contributed by atoms with E-state index in [2.05, 4.69) is 40.0 Å². The second-order valence-corrected chi connectivity index (χ2v) is 4.56. The highest BCUT2D eigenvalue weighted by atomic mass is 79.9. The summed E-state index contributed by atoms with van der Waals surface area (Å²) in [6.07, 6.45) is 3.32. The maximum absolute atomic E-state index is 11.2. The van der Waals surface area contributed by atoms with Crippen LogP contribution < -0.4 is 5.32 Å². The number of carbonyl (C=O) groups is 1. The van der Waals surface area contributed by atoms with Crippen LogP contribution in [0.2, 0.25) is 0 Å². The molecule has 2 nitrogen and oxygen atoms in total. The predicted molar refractivity (Wildman–Crippen MR) is 63.5 cm³/mol. The Bertz CT molecular complexity index is 414. The molecule has 3 heteroatoms. The van der Waals surface area contributed by atoms with E-state index in [1.54, 1.807) is 0 Å². The highest BCUT2D eigenvalue weighted by Crippen LogP contribution is 2.32. The molecule has 78 valence electrons. The first kappa shape index (κ1) is 10.4. The third-order valence-corrected chi connectivity index (χ3v) is 3.18. The quantitative estimate of drug-likeness (QED) is 0.819. The Morgan fingerprint density at radius 2 is 2.40 bits per heavy atom. The number of hydrogen-bond acceptors (Lipinski definition) is 1. The smallest absolute Gasteiger partial charge is 0.243 e. The predicted octanol–water partition coefficient (Wildman–Crippen LogP) is 2.74. The third kappa shape index (κ3) is 2.12. The summed E-state index contributed by atoms with van der Waals surface area (Å²) in [4.78, 5) is 11.2. The Morgan fingerprint density at radius 1 is 1.60 bits per heavy atom. The molecule has 1 aromatic carbocycles. The molecule has 0 aliphatic heterocycles. The Balaban J connectivity index is 2.21. The van der Waals surface area contributed by atoms with Crippen LogP contribution in [0.15, 0.2) is 35.3 Å². The fourth-order valence-electron chi connectivity index (χ4n) is 1.97. The van der Waals surface area contributed by atoms with E-state index in [-0.39, 0.29) is 11.9 Å². The number of benzene rings is 1. The second kappa shape index (κ2) is 4.19. The SMILES string of the molecule is C=CC(=O)N[C@@H]1CCc2cc(Br)ccc21. The topological polar surface area (TPSA) is 29.1 Å². The largest absolute Gasteiger partial charge is 0.346 e. The van der Waals surface area contributed by atoms with Crippen molar-refractivity contribution in [3.05, 3.63) is 46.5 Å². The van der Waals surface area contributed by atoms with Crippen molar-refractivity contribution in [1.29, 1.82) is 0 Å². The van der Waals surface area contributed by atoms with E-state index in [9.17, 15) is 4.79 Å². The maximum atomic E-state index is 11.2. The minimum atomic E-state index is -0.101. The van der Waals surface area contributed by atoms with Gasteiger partial charge in [0.25, 0.3) is 0 Å². The summed E-state index contributed by atoms with van der Waals surface area (Å²) < 4.78 is 1.09. The first-order valence-corrected chi connectivity index (χ1v) is 5.71. The molecule has 0 spiro atoms. The molecule has 0 saturated heterocycles. The molecule has 0 unspecified atom stereocenters. The van der Waals surface area contributed by atoms with Gasteiger partial charge < -0.3 is 5.32 Å². The van der Waals surface area contributed by atoms with Gasteiger partial charge in [-0.05, 0) is 42.2 Å². The van der Waals surface area contributed by atoms with Gasteiger partial charge in [0.15, 0.2) is 0 Å². The van der Waals surface area contributed by atoms with Gasteiger partial charge in [-0.25, -0.2) is 0 Å². The van der Waals surface area contributed by atoms with Crippen LogP contribution in [0.3, 0.4) is 0 Å². The summed E-state index contributed by atoms with van der Waals surface area (Å²) in [6, 6.07) is 6.35. The summed E-state index contributed by atoms with van der Waals surface area (Å²) in [5.41, 5.74) is 2.55. The lowest BCUT2D eigenvalue weighted by atomic mass is 10.1. The van der Waals surface area contributed by atoms with Crippen LogP contribution in [0.4, 0.5) is 0 Å². The van der Waals surface area contributed by atoms with Gasteiger partial charge in [-0.3, -0.25) is 4.79 Å². The Labute approximate surface area is 97.5 Å². The number of carbonyl (C=O) groups excluding carboxylic acids is 1. The van der Waals surface area contributed by atoms with Gasteiger partial charge in [-0.15, -0.1) is 0 Å². The van der Waals surface area contributed by atoms with Crippen LogP contribution in [0.1, 0.15) is 23.6 Å². The van der Waals surface area contributed by atoms with E-state index in [1.165, 1.54) is 17.2 Å². The summed E-state index contributed by atoms with van der Waals surface area (Å²) in [7, 11) is 0. The van der Waals surface area contributed by atoms with Crippen LogP contribution in [0, 0.1) is 0 Å². The molecule has 0 aromatic heterocycles. The van der Waals surface area contributed by atoms with E-state index in [4.69, 9.17) is 0 Å². The summed E-state index contributed by atoms with van der Waals surface area (Å²) >= 11 is 3.45. The van der Waals surface area contributed by atoms with Crippen molar-refractivity contribution in [2.45, 2.75) is 18.9 Å². The van der Waals surface area contributed by atoms with Crippen LogP contribution in [-0.2, 0) is 11.2 Å². The fraction of sp³-hybridized carbons (Fsp3) is 0.250. The van der Waals surface area contributed by atoms with Gasteiger partial charge >= 0.3 is 0 Å². The Hall–Kier alpha value is -1.09. The number of aryl methyl sites for hydroxylation is 1. The lowest BCUT2D eigenvalue weighted by molar-refractivity contribution is -0.117. The number of nitrogens with one attached hydrogen (secondary N) is 1. The standard InChI is InChI=1S/C12H12BrNO/c1-2-12(15)14-11-6-3-8-7-9(13)4-5-10(8)11/h2,4-5,7,11H,1,3,6H2,(H,14,15)/t11-/m1/s1. The minimum absolute atomic E-state index is 0.101. The zero-order valence-corrected chi connectivity index (χ0v) is 9.88.